The molecule has 11 heteroatoms. The molecular weight excluding hydrogens is 618 g/mol. The van der Waals surface area contributed by atoms with Gasteiger partial charge in [0.25, 0.3) is 10.0 Å². The Hall–Kier alpha value is -3.08. The molecule has 1 atom stereocenters. The molecule has 3 aromatic rings. The van der Waals surface area contributed by atoms with Crippen molar-refractivity contribution in [1.82, 2.24) is 10.2 Å². The van der Waals surface area contributed by atoms with Gasteiger partial charge in [-0.1, -0.05) is 48.4 Å². The molecular formula is C29H33BrClN3O5S. The first kappa shape index (κ1) is 31.4. The molecule has 0 aliphatic rings. The number of hydrogen-bond acceptors (Lipinski definition) is 5. The van der Waals surface area contributed by atoms with Crippen LogP contribution in [0.2, 0.25) is 5.02 Å². The molecule has 8 nitrogen and oxygen atoms in total. The highest BCUT2D eigenvalue weighted by Gasteiger charge is 2.33. The number of rotatable bonds is 12. The van der Waals surface area contributed by atoms with Crippen LogP contribution in [0.25, 0.3) is 0 Å². The Morgan fingerprint density at radius 2 is 1.68 bits per heavy atom. The number of benzene rings is 3. The summed E-state index contributed by atoms with van der Waals surface area (Å²) in [6.45, 7) is 5.48. The highest BCUT2D eigenvalue weighted by atomic mass is 79.9. The van der Waals surface area contributed by atoms with Gasteiger partial charge in [-0.05, 0) is 84.2 Å². The number of anilines is 1. The number of nitrogens with one attached hydrogen (secondary N) is 1. The largest absolute Gasteiger partial charge is 0.496 e. The summed E-state index contributed by atoms with van der Waals surface area (Å²) in [5.41, 5.74) is 2.01. The van der Waals surface area contributed by atoms with Crippen molar-refractivity contribution in [1.29, 1.82) is 0 Å². The van der Waals surface area contributed by atoms with Gasteiger partial charge in [0.15, 0.2) is 0 Å². The van der Waals surface area contributed by atoms with Crippen LogP contribution in [-0.2, 0) is 26.2 Å². The first-order valence-electron chi connectivity index (χ1n) is 12.8. The molecule has 0 radical (unpaired) electrons. The number of halogens is 2. The molecule has 0 aromatic heterocycles. The third-order valence-electron chi connectivity index (χ3n) is 6.32. The first-order chi connectivity index (χ1) is 19.0. The molecule has 0 saturated carbocycles. The van der Waals surface area contributed by atoms with E-state index in [9.17, 15) is 18.0 Å². The summed E-state index contributed by atoms with van der Waals surface area (Å²) < 4.78 is 34.8. The van der Waals surface area contributed by atoms with Crippen molar-refractivity contribution in [3.05, 3.63) is 87.4 Å². The Balaban J connectivity index is 2.07. The molecule has 1 N–H and O–H groups in total. The third-order valence-corrected chi connectivity index (χ3v) is 8.96. The van der Waals surface area contributed by atoms with Gasteiger partial charge in [-0.15, -0.1) is 0 Å². The van der Waals surface area contributed by atoms with Gasteiger partial charge in [-0.3, -0.25) is 13.9 Å². The summed E-state index contributed by atoms with van der Waals surface area (Å²) in [7, 11) is -2.72. The fourth-order valence-corrected chi connectivity index (χ4v) is 6.43. The SMILES string of the molecule is CCNC(=O)C(CC)N(Cc1ccc(Cl)cc1)C(=O)CN(c1ccc(C)cc1)S(=O)(=O)c1ccc(OC)c(Br)c1. The third kappa shape index (κ3) is 7.56. The number of hydrogen-bond donors (Lipinski definition) is 1. The molecule has 0 aliphatic heterocycles. The smallest absolute Gasteiger partial charge is 0.264 e. The van der Waals surface area contributed by atoms with Gasteiger partial charge < -0.3 is 15.0 Å². The van der Waals surface area contributed by atoms with Gasteiger partial charge in [0.2, 0.25) is 11.8 Å². The molecule has 214 valence electrons. The molecule has 0 heterocycles. The minimum Gasteiger partial charge on any atom is -0.496 e. The van der Waals surface area contributed by atoms with Gasteiger partial charge in [0, 0.05) is 18.1 Å². The maximum absolute atomic E-state index is 14.0. The van der Waals surface area contributed by atoms with Crippen LogP contribution in [-0.4, -0.2) is 51.4 Å². The average Bonchev–Trinajstić information content (AvgIpc) is 2.93. The van der Waals surface area contributed by atoms with E-state index in [1.165, 1.54) is 24.1 Å². The highest BCUT2D eigenvalue weighted by Crippen LogP contribution is 2.31. The lowest BCUT2D eigenvalue weighted by Crippen LogP contribution is -2.52. The van der Waals surface area contributed by atoms with Gasteiger partial charge >= 0.3 is 0 Å². The summed E-state index contributed by atoms with van der Waals surface area (Å²) in [4.78, 5) is 28.4. The topological polar surface area (TPSA) is 96.0 Å². The van der Waals surface area contributed by atoms with Crippen molar-refractivity contribution in [3.8, 4) is 5.75 Å². The lowest BCUT2D eigenvalue weighted by Gasteiger charge is -2.33. The Morgan fingerprint density at radius 1 is 1.02 bits per heavy atom. The van der Waals surface area contributed by atoms with Gasteiger partial charge in [0.1, 0.15) is 18.3 Å². The normalized spacial score (nSPS) is 11.9. The number of likely N-dealkylation sites (N-methyl/N-ethyl adjacent to an activating group) is 1. The maximum Gasteiger partial charge on any atom is 0.264 e. The van der Waals surface area contributed by atoms with Crippen molar-refractivity contribution >= 4 is 55.1 Å². The Kier molecular flexibility index (Phi) is 11.0. The Morgan fingerprint density at radius 3 is 2.23 bits per heavy atom. The molecule has 0 fully saturated rings. The fraction of sp³-hybridized carbons (Fsp3) is 0.310. The van der Waals surface area contributed by atoms with Crippen LogP contribution in [0.15, 0.2) is 76.1 Å². The minimum atomic E-state index is -4.20. The second kappa shape index (κ2) is 14.0. The summed E-state index contributed by atoms with van der Waals surface area (Å²) in [6.07, 6.45) is 0.341. The van der Waals surface area contributed by atoms with Gasteiger partial charge in [-0.2, -0.15) is 0 Å². The quantitative estimate of drug-likeness (QED) is 0.277. The highest BCUT2D eigenvalue weighted by molar-refractivity contribution is 9.10. The van der Waals surface area contributed by atoms with Crippen LogP contribution in [0.1, 0.15) is 31.4 Å². The number of amides is 2. The van der Waals surface area contributed by atoms with Crippen molar-refractivity contribution < 1.29 is 22.7 Å². The summed E-state index contributed by atoms with van der Waals surface area (Å²) in [5, 5.41) is 3.33. The minimum absolute atomic E-state index is 0.0198. The fourth-order valence-electron chi connectivity index (χ4n) is 4.17. The van der Waals surface area contributed by atoms with E-state index < -0.39 is 28.5 Å². The number of nitrogens with zero attached hydrogens (tertiary/aromatic N) is 2. The molecule has 3 rings (SSSR count). The van der Waals surface area contributed by atoms with Crippen LogP contribution in [0.4, 0.5) is 5.69 Å². The maximum atomic E-state index is 14.0. The zero-order valence-corrected chi connectivity index (χ0v) is 26.0. The monoisotopic (exact) mass is 649 g/mol. The van der Waals surface area contributed by atoms with E-state index in [1.54, 1.807) is 61.5 Å². The predicted molar refractivity (Wildman–Crippen MR) is 161 cm³/mol. The zero-order valence-electron chi connectivity index (χ0n) is 22.9. The number of sulfonamides is 1. The number of carbonyl (C=O) groups is 2. The number of ether oxygens (including phenoxy) is 1. The second-order valence-electron chi connectivity index (χ2n) is 9.11. The number of methoxy groups -OCH3 is 1. The van der Waals surface area contributed by atoms with E-state index in [0.717, 1.165) is 15.4 Å². The molecule has 3 aromatic carbocycles. The standard InChI is InChI=1S/C29H33BrClN3O5S/c1-5-26(29(36)32-6-2)33(18-21-9-11-22(31)12-10-21)28(35)19-34(23-13-7-20(3)8-14-23)40(37,38)24-15-16-27(39-4)25(30)17-24/h7-17,26H,5-6,18-19H2,1-4H3,(H,32,36). The Labute approximate surface area is 249 Å². The molecule has 0 saturated heterocycles. The predicted octanol–water partition coefficient (Wildman–Crippen LogP) is 5.56. The van der Waals surface area contributed by atoms with Crippen LogP contribution in [0, 0.1) is 6.92 Å². The molecule has 0 aliphatic carbocycles. The average molecular weight is 651 g/mol. The van der Waals surface area contributed by atoms with Crippen LogP contribution in [0.5, 0.6) is 5.75 Å². The van der Waals surface area contributed by atoms with E-state index in [0.29, 0.717) is 33.9 Å². The van der Waals surface area contributed by atoms with E-state index in [4.69, 9.17) is 16.3 Å². The van der Waals surface area contributed by atoms with Crippen LogP contribution < -0.4 is 14.4 Å². The second-order valence-corrected chi connectivity index (χ2v) is 12.3. The van der Waals surface area contributed by atoms with Crippen molar-refractivity contribution in [3.63, 3.8) is 0 Å². The number of aryl methyl sites for hydroxylation is 1. The van der Waals surface area contributed by atoms with Crippen molar-refractivity contribution in [2.24, 2.45) is 0 Å². The molecule has 0 bridgehead atoms. The lowest BCUT2D eigenvalue weighted by atomic mass is 10.1. The van der Waals surface area contributed by atoms with E-state index in [-0.39, 0.29) is 17.3 Å². The van der Waals surface area contributed by atoms with Crippen molar-refractivity contribution in [2.45, 2.75) is 44.7 Å². The van der Waals surface area contributed by atoms with Crippen LogP contribution in [0.3, 0.4) is 0 Å². The summed E-state index contributed by atoms with van der Waals surface area (Å²) >= 11 is 9.40. The molecule has 40 heavy (non-hydrogen) atoms. The molecule has 1 unspecified atom stereocenters. The molecule has 0 spiro atoms. The van der Waals surface area contributed by atoms with E-state index in [2.05, 4.69) is 21.2 Å². The van der Waals surface area contributed by atoms with Crippen molar-refractivity contribution in [2.75, 3.05) is 24.5 Å². The molecule has 2 amide bonds. The summed E-state index contributed by atoms with van der Waals surface area (Å²) in [6, 6.07) is 17.4. The van der Waals surface area contributed by atoms with E-state index >= 15 is 0 Å². The summed E-state index contributed by atoms with van der Waals surface area (Å²) in [5.74, 6) is -0.361. The van der Waals surface area contributed by atoms with E-state index in [1.807, 2.05) is 13.8 Å². The Bertz CT molecular complexity index is 1430. The van der Waals surface area contributed by atoms with Gasteiger partial charge in [0.05, 0.1) is 22.2 Å². The first-order valence-corrected chi connectivity index (χ1v) is 15.4. The number of carbonyl (C=O) groups excluding carboxylic acids is 2. The lowest BCUT2D eigenvalue weighted by molar-refractivity contribution is -0.140. The van der Waals surface area contributed by atoms with Crippen LogP contribution >= 0.6 is 27.5 Å². The zero-order chi connectivity index (χ0) is 29.4. The van der Waals surface area contributed by atoms with Gasteiger partial charge in [-0.25, -0.2) is 8.42 Å².